The highest BCUT2D eigenvalue weighted by atomic mass is 32.2. The van der Waals surface area contributed by atoms with E-state index in [-0.39, 0.29) is 12.1 Å². The summed E-state index contributed by atoms with van der Waals surface area (Å²) in [6.07, 6.45) is 0. The van der Waals surface area contributed by atoms with Gasteiger partial charge in [0.2, 0.25) is 0 Å². The molecule has 4 heteroatoms. The van der Waals surface area contributed by atoms with Gasteiger partial charge in [-0.2, -0.15) is 11.8 Å². The largest absolute Gasteiger partial charge is 0.336 e. The van der Waals surface area contributed by atoms with Gasteiger partial charge in [0.05, 0.1) is 0 Å². The second-order valence-corrected chi connectivity index (χ2v) is 5.60. The minimum Gasteiger partial charge on any atom is -0.336 e. The quantitative estimate of drug-likeness (QED) is 0.726. The molecule has 1 N–H and O–H groups in total. The van der Waals surface area contributed by atoms with E-state index in [1.807, 2.05) is 30.5 Å². The molecule has 3 nitrogen and oxygen atoms in total. The van der Waals surface area contributed by atoms with Crippen molar-refractivity contribution >= 4 is 17.8 Å². The number of rotatable bonds is 1. The summed E-state index contributed by atoms with van der Waals surface area (Å²) < 4.78 is 0. The third-order valence-corrected chi connectivity index (χ3v) is 3.89. The molecule has 1 heterocycles. The van der Waals surface area contributed by atoms with Crippen LogP contribution < -0.4 is 5.32 Å². The van der Waals surface area contributed by atoms with E-state index in [4.69, 9.17) is 0 Å². The second-order valence-electron chi connectivity index (χ2n) is 4.11. The van der Waals surface area contributed by atoms with Crippen molar-refractivity contribution in [1.82, 2.24) is 10.2 Å². The molecule has 1 saturated heterocycles. The van der Waals surface area contributed by atoms with E-state index >= 15 is 0 Å². The summed E-state index contributed by atoms with van der Waals surface area (Å²) in [5.41, 5.74) is 0. The Balaban J connectivity index is 2.53. The summed E-state index contributed by atoms with van der Waals surface area (Å²) in [5, 5.41) is 3.48. The molecule has 0 saturated carbocycles. The van der Waals surface area contributed by atoms with E-state index in [1.54, 1.807) is 0 Å². The van der Waals surface area contributed by atoms with Gasteiger partial charge < -0.3 is 10.2 Å². The molecule has 0 aromatic heterocycles. The topological polar surface area (TPSA) is 32.3 Å². The van der Waals surface area contributed by atoms with Gasteiger partial charge >= 0.3 is 6.03 Å². The minimum absolute atomic E-state index is 0.0830. The van der Waals surface area contributed by atoms with Crippen LogP contribution in [0, 0.1) is 0 Å². The summed E-state index contributed by atoms with van der Waals surface area (Å²) in [7, 11) is 0. The van der Waals surface area contributed by atoms with Crippen molar-refractivity contribution in [2.45, 2.75) is 45.0 Å². The normalized spacial score (nSPS) is 27.9. The van der Waals surface area contributed by atoms with Crippen LogP contribution in [0.3, 0.4) is 0 Å². The number of thioether (sulfide) groups is 1. The van der Waals surface area contributed by atoms with Gasteiger partial charge in [-0.1, -0.05) is 6.92 Å². The molecule has 1 rings (SSSR count). The van der Waals surface area contributed by atoms with E-state index in [1.165, 1.54) is 0 Å². The Morgan fingerprint density at radius 3 is 2.71 bits per heavy atom. The molecule has 14 heavy (non-hydrogen) atoms. The molecule has 0 spiro atoms. The van der Waals surface area contributed by atoms with Crippen LogP contribution in [0.2, 0.25) is 0 Å². The molecule has 0 aliphatic carbocycles. The molecule has 2 amide bonds. The standard InChI is InChI=1S/C10H20N2OS/c1-7(2)11-10(13)12-5-6-14-9(4)8(12)3/h7-9H,5-6H2,1-4H3,(H,11,13). The first-order valence-electron chi connectivity index (χ1n) is 5.21. The molecule has 82 valence electrons. The zero-order chi connectivity index (χ0) is 10.7. The Morgan fingerprint density at radius 2 is 2.14 bits per heavy atom. The van der Waals surface area contributed by atoms with Crippen LogP contribution in [0.5, 0.6) is 0 Å². The van der Waals surface area contributed by atoms with E-state index in [0.29, 0.717) is 11.3 Å². The molecule has 2 unspecified atom stereocenters. The van der Waals surface area contributed by atoms with Crippen LogP contribution in [-0.4, -0.2) is 40.6 Å². The number of nitrogens with one attached hydrogen (secondary N) is 1. The SMILES string of the molecule is CC(C)NC(=O)N1CCSC(C)C1C. The lowest BCUT2D eigenvalue weighted by Crippen LogP contribution is -2.53. The first-order valence-corrected chi connectivity index (χ1v) is 6.26. The van der Waals surface area contributed by atoms with Crippen molar-refractivity contribution < 1.29 is 4.79 Å². The highest BCUT2D eigenvalue weighted by molar-refractivity contribution is 8.00. The third kappa shape index (κ3) is 2.80. The fraction of sp³-hybridized carbons (Fsp3) is 0.900. The number of urea groups is 1. The fourth-order valence-electron chi connectivity index (χ4n) is 1.55. The molecular weight excluding hydrogens is 196 g/mol. The predicted molar refractivity (Wildman–Crippen MR) is 61.8 cm³/mol. The molecular formula is C10H20N2OS. The Hall–Kier alpha value is -0.380. The lowest BCUT2D eigenvalue weighted by molar-refractivity contribution is 0.178. The van der Waals surface area contributed by atoms with E-state index in [2.05, 4.69) is 19.2 Å². The van der Waals surface area contributed by atoms with Gasteiger partial charge in [-0.25, -0.2) is 4.79 Å². The molecule has 0 radical (unpaired) electrons. The van der Waals surface area contributed by atoms with Gasteiger partial charge in [0, 0.05) is 29.6 Å². The Bertz CT molecular complexity index is 208. The highest BCUT2D eigenvalue weighted by Gasteiger charge is 2.28. The Morgan fingerprint density at radius 1 is 1.50 bits per heavy atom. The monoisotopic (exact) mass is 216 g/mol. The van der Waals surface area contributed by atoms with Crippen LogP contribution in [0.25, 0.3) is 0 Å². The van der Waals surface area contributed by atoms with Gasteiger partial charge in [-0.05, 0) is 20.8 Å². The predicted octanol–water partition coefficient (Wildman–Crippen LogP) is 1.93. The molecule has 1 fully saturated rings. The first kappa shape index (κ1) is 11.7. The second kappa shape index (κ2) is 4.91. The number of amides is 2. The number of nitrogens with zero attached hydrogens (tertiary/aromatic N) is 1. The first-order chi connectivity index (χ1) is 6.52. The van der Waals surface area contributed by atoms with Gasteiger partial charge in [0.1, 0.15) is 0 Å². The summed E-state index contributed by atoms with van der Waals surface area (Å²) in [5.74, 6) is 1.05. The fourth-order valence-corrected chi connectivity index (χ4v) is 2.65. The van der Waals surface area contributed by atoms with Crippen molar-refractivity contribution in [2.24, 2.45) is 0 Å². The minimum atomic E-state index is 0.0830. The van der Waals surface area contributed by atoms with Crippen LogP contribution in [0.1, 0.15) is 27.7 Å². The number of carbonyl (C=O) groups is 1. The van der Waals surface area contributed by atoms with Crippen molar-refractivity contribution in [3.8, 4) is 0 Å². The summed E-state index contributed by atoms with van der Waals surface area (Å²) in [6, 6.07) is 0.645. The van der Waals surface area contributed by atoms with E-state index in [9.17, 15) is 4.79 Å². The van der Waals surface area contributed by atoms with Crippen molar-refractivity contribution in [3.63, 3.8) is 0 Å². The summed E-state index contributed by atoms with van der Waals surface area (Å²) in [4.78, 5) is 13.7. The molecule has 0 aromatic rings. The van der Waals surface area contributed by atoms with E-state index < -0.39 is 0 Å². The lowest BCUT2D eigenvalue weighted by Gasteiger charge is -2.37. The Labute approximate surface area is 90.6 Å². The molecule has 0 aromatic carbocycles. The van der Waals surface area contributed by atoms with Gasteiger partial charge in [0.15, 0.2) is 0 Å². The van der Waals surface area contributed by atoms with E-state index in [0.717, 1.165) is 12.3 Å². The summed E-state index contributed by atoms with van der Waals surface area (Å²) >= 11 is 1.94. The smallest absolute Gasteiger partial charge is 0.317 e. The number of carbonyl (C=O) groups excluding carboxylic acids is 1. The van der Waals surface area contributed by atoms with Crippen LogP contribution >= 0.6 is 11.8 Å². The van der Waals surface area contributed by atoms with Gasteiger partial charge in [0.25, 0.3) is 0 Å². The van der Waals surface area contributed by atoms with Crippen molar-refractivity contribution in [3.05, 3.63) is 0 Å². The zero-order valence-electron chi connectivity index (χ0n) is 9.41. The van der Waals surface area contributed by atoms with Crippen LogP contribution in [0.4, 0.5) is 4.79 Å². The highest BCUT2D eigenvalue weighted by Crippen LogP contribution is 2.23. The maximum absolute atomic E-state index is 11.8. The average Bonchev–Trinajstić information content (AvgIpc) is 2.08. The average molecular weight is 216 g/mol. The van der Waals surface area contributed by atoms with Gasteiger partial charge in [-0.15, -0.1) is 0 Å². The van der Waals surface area contributed by atoms with Crippen LogP contribution in [-0.2, 0) is 0 Å². The molecule has 1 aliphatic heterocycles. The maximum atomic E-state index is 11.8. The zero-order valence-corrected chi connectivity index (χ0v) is 10.2. The molecule has 1 aliphatic rings. The van der Waals surface area contributed by atoms with Gasteiger partial charge in [-0.3, -0.25) is 0 Å². The lowest BCUT2D eigenvalue weighted by atomic mass is 10.2. The maximum Gasteiger partial charge on any atom is 0.317 e. The van der Waals surface area contributed by atoms with Crippen molar-refractivity contribution in [2.75, 3.05) is 12.3 Å². The summed E-state index contributed by atoms with van der Waals surface area (Å²) in [6.45, 7) is 9.16. The Kier molecular flexibility index (Phi) is 4.11. The van der Waals surface area contributed by atoms with Crippen molar-refractivity contribution in [1.29, 1.82) is 0 Å². The van der Waals surface area contributed by atoms with Crippen LogP contribution in [0.15, 0.2) is 0 Å². The molecule has 2 atom stereocenters. The number of hydrogen-bond acceptors (Lipinski definition) is 2. The molecule has 0 bridgehead atoms. The third-order valence-electron chi connectivity index (χ3n) is 2.56. The number of hydrogen-bond donors (Lipinski definition) is 1.